The van der Waals surface area contributed by atoms with Crippen LogP contribution >= 0.6 is 0 Å². The van der Waals surface area contributed by atoms with Gasteiger partial charge in [0.25, 0.3) is 0 Å². The lowest BCUT2D eigenvalue weighted by Gasteiger charge is -2.32. The minimum absolute atomic E-state index is 0.567. The molecule has 70 valence electrons. The van der Waals surface area contributed by atoms with Crippen LogP contribution in [-0.2, 0) is 9.53 Å². The molecule has 1 saturated heterocycles. The lowest BCUT2D eigenvalue weighted by Crippen LogP contribution is -2.56. The molecule has 1 aliphatic rings. The summed E-state index contributed by atoms with van der Waals surface area (Å²) in [6.07, 6.45) is -6.05. The molecule has 1 fully saturated rings. The standard InChI is InChI=1S/C6H10O6/c7-1-2-3(8)4(9)5(10)6(11)12-2/h2-4,6-9,11H,1H2/t2-,3-,4?,6+/m1/s1. The quantitative estimate of drug-likeness (QED) is 0.340. The average molecular weight is 178 g/mol. The molecule has 4 atom stereocenters. The Balaban J connectivity index is 2.70. The van der Waals surface area contributed by atoms with Crippen molar-refractivity contribution in [1.82, 2.24) is 0 Å². The summed E-state index contributed by atoms with van der Waals surface area (Å²) in [5.74, 6) is -0.993. The maximum Gasteiger partial charge on any atom is 0.219 e. The number of carbonyl (C=O) groups excluding carboxylic acids is 1. The molecule has 1 heterocycles. The molecule has 0 aromatic carbocycles. The van der Waals surface area contributed by atoms with E-state index in [2.05, 4.69) is 4.74 Å². The van der Waals surface area contributed by atoms with Crippen LogP contribution in [0.4, 0.5) is 0 Å². The van der Waals surface area contributed by atoms with E-state index in [9.17, 15) is 4.79 Å². The van der Waals surface area contributed by atoms with Crippen LogP contribution in [0.15, 0.2) is 0 Å². The Bertz CT molecular complexity index is 181. The molecule has 6 nitrogen and oxygen atoms in total. The third-order valence-corrected chi connectivity index (χ3v) is 1.72. The molecular weight excluding hydrogens is 168 g/mol. The highest BCUT2D eigenvalue weighted by Gasteiger charge is 2.42. The van der Waals surface area contributed by atoms with Gasteiger partial charge in [-0.25, -0.2) is 0 Å². The summed E-state index contributed by atoms with van der Waals surface area (Å²) >= 11 is 0. The van der Waals surface area contributed by atoms with Crippen molar-refractivity contribution < 1.29 is 30.0 Å². The normalized spacial score (nSPS) is 43.2. The summed E-state index contributed by atoms with van der Waals surface area (Å²) < 4.78 is 4.48. The lowest BCUT2D eigenvalue weighted by molar-refractivity contribution is -0.226. The van der Waals surface area contributed by atoms with Crippen molar-refractivity contribution in [3.05, 3.63) is 0 Å². The molecule has 12 heavy (non-hydrogen) atoms. The highest BCUT2D eigenvalue weighted by molar-refractivity contribution is 5.87. The van der Waals surface area contributed by atoms with Crippen LogP contribution in [0.5, 0.6) is 0 Å². The molecule has 1 aliphatic heterocycles. The molecule has 4 N–H and O–H groups in total. The number of rotatable bonds is 1. The van der Waals surface area contributed by atoms with Gasteiger partial charge in [0, 0.05) is 0 Å². The van der Waals surface area contributed by atoms with Gasteiger partial charge in [0.2, 0.25) is 12.1 Å². The fraction of sp³-hybridized carbons (Fsp3) is 0.833. The number of aliphatic hydroxyl groups excluding tert-OH is 4. The van der Waals surface area contributed by atoms with Gasteiger partial charge in [-0.1, -0.05) is 0 Å². The van der Waals surface area contributed by atoms with Gasteiger partial charge in [0.1, 0.15) is 18.3 Å². The average Bonchev–Trinajstić information content (AvgIpc) is 2.08. The Kier molecular flexibility index (Phi) is 2.76. The van der Waals surface area contributed by atoms with E-state index >= 15 is 0 Å². The SMILES string of the molecule is O=C1C(O)[C@H](O)[C@@H](CO)O[C@@H]1O. The largest absolute Gasteiger partial charge is 0.394 e. The van der Waals surface area contributed by atoms with E-state index in [4.69, 9.17) is 20.4 Å². The summed E-state index contributed by atoms with van der Waals surface area (Å²) in [5.41, 5.74) is 0. The van der Waals surface area contributed by atoms with Crippen LogP contribution < -0.4 is 0 Å². The Hall–Kier alpha value is -0.530. The number of aliphatic hydroxyl groups is 4. The number of Topliss-reactive ketones (excluding diaryl/α,β-unsaturated/α-hetero) is 1. The first kappa shape index (κ1) is 9.56. The molecule has 0 aromatic heterocycles. The molecule has 0 radical (unpaired) electrons. The molecule has 0 bridgehead atoms. The van der Waals surface area contributed by atoms with Gasteiger partial charge < -0.3 is 25.2 Å². The van der Waals surface area contributed by atoms with Crippen molar-refractivity contribution in [1.29, 1.82) is 0 Å². The Morgan fingerprint density at radius 2 is 1.92 bits per heavy atom. The molecule has 0 aromatic rings. The van der Waals surface area contributed by atoms with Crippen LogP contribution in [0.3, 0.4) is 0 Å². The number of hydrogen-bond acceptors (Lipinski definition) is 6. The van der Waals surface area contributed by atoms with E-state index in [-0.39, 0.29) is 0 Å². The van der Waals surface area contributed by atoms with E-state index in [0.29, 0.717) is 0 Å². The maximum atomic E-state index is 10.7. The lowest BCUT2D eigenvalue weighted by atomic mass is 10.0. The molecule has 1 rings (SSSR count). The molecular formula is C6H10O6. The highest BCUT2D eigenvalue weighted by atomic mass is 16.6. The van der Waals surface area contributed by atoms with E-state index in [1.807, 2.05) is 0 Å². The zero-order valence-corrected chi connectivity index (χ0v) is 6.12. The summed E-state index contributed by atoms with van der Waals surface area (Å²) in [7, 11) is 0. The number of ketones is 1. The first-order valence-electron chi connectivity index (χ1n) is 3.42. The highest BCUT2D eigenvalue weighted by Crippen LogP contribution is 2.15. The van der Waals surface area contributed by atoms with Crippen molar-refractivity contribution in [2.24, 2.45) is 0 Å². The zero-order chi connectivity index (χ0) is 9.30. The van der Waals surface area contributed by atoms with E-state index in [0.717, 1.165) is 0 Å². The van der Waals surface area contributed by atoms with E-state index in [1.165, 1.54) is 0 Å². The van der Waals surface area contributed by atoms with Gasteiger partial charge in [-0.3, -0.25) is 4.79 Å². The smallest absolute Gasteiger partial charge is 0.219 e. The fourth-order valence-electron chi connectivity index (χ4n) is 0.982. The molecule has 6 heteroatoms. The molecule has 0 aliphatic carbocycles. The maximum absolute atomic E-state index is 10.7. The third-order valence-electron chi connectivity index (χ3n) is 1.72. The first-order chi connectivity index (χ1) is 5.57. The van der Waals surface area contributed by atoms with Gasteiger partial charge in [0.15, 0.2) is 0 Å². The summed E-state index contributed by atoms with van der Waals surface area (Å²) in [4.78, 5) is 10.7. The Morgan fingerprint density at radius 1 is 1.33 bits per heavy atom. The van der Waals surface area contributed by atoms with Crippen molar-refractivity contribution in [2.75, 3.05) is 6.61 Å². The van der Waals surface area contributed by atoms with Gasteiger partial charge in [-0.2, -0.15) is 0 Å². The zero-order valence-electron chi connectivity index (χ0n) is 6.12. The summed E-state index contributed by atoms with van der Waals surface area (Å²) in [6, 6.07) is 0. The van der Waals surface area contributed by atoms with E-state index < -0.39 is 37.0 Å². The third kappa shape index (κ3) is 1.47. The Morgan fingerprint density at radius 3 is 2.42 bits per heavy atom. The van der Waals surface area contributed by atoms with Crippen LogP contribution in [-0.4, -0.2) is 57.4 Å². The van der Waals surface area contributed by atoms with Crippen molar-refractivity contribution in [3.63, 3.8) is 0 Å². The van der Waals surface area contributed by atoms with Gasteiger partial charge in [-0.15, -0.1) is 0 Å². The minimum Gasteiger partial charge on any atom is -0.394 e. The van der Waals surface area contributed by atoms with Crippen LogP contribution in [0.25, 0.3) is 0 Å². The van der Waals surface area contributed by atoms with Crippen molar-refractivity contribution in [2.45, 2.75) is 24.6 Å². The van der Waals surface area contributed by atoms with Crippen LogP contribution in [0.1, 0.15) is 0 Å². The predicted molar refractivity (Wildman–Crippen MR) is 35.0 cm³/mol. The number of ether oxygens (including phenoxy) is 1. The molecule has 1 unspecified atom stereocenters. The summed E-state index contributed by atoms with van der Waals surface area (Å²) in [6.45, 7) is -0.567. The molecule has 0 amide bonds. The van der Waals surface area contributed by atoms with Crippen LogP contribution in [0.2, 0.25) is 0 Å². The number of carbonyl (C=O) groups is 1. The van der Waals surface area contributed by atoms with Gasteiger partial charge in [-0.05, 0) is 0 Å². The predicted octanol–water partition coefficient (Wildman–Crippen LogP) is -3.01. The monoisotopic (exact) mass is 178 g/mol. The number of hydrogen-bond donors (Lipinski definition) is 4. The van der Waals surface area contributed by atoms with Crippen LogP contribution in [0, 0.1) is 0 Å². The first-order valence-corrected chi connectivity index (χ1v) is 3.42. The second-order valence-corrected chi connectivity index (χ2v) is 2.55. The van der Waals surface area contributed by atoms with Gasteiger partial charge in [0.05, 0.1) is 6.61 Å². The topological polar surface area (TPSA) is 107 Å². The van der Waals surface area contributed by atoms with Crippen molar-refractivity contribution in [3.8, 4) is 0 Å². The summed E-state index contributed by atoms with van der Waals surface area (Å²) in [5, 5.41) is 35.4. The Labute approximate surface area is 68.0 Å². The second kappa shape index (κ2) is 3.46. The van der Waals surface area contributed by atoms with E-state index in [1.54, 1.807) is 0 Å². The minimum atomic E-state index is -1.76. The second-order valence-electron chi connectivity index (χ2n) is 2.55. The fourth-order valence-corrected chi connectivity index (χ4v) is 0.982. The molecule has 0 spiro atoms. The van der Waals surface area contributed by atoms with Gasteiger partial charge >= 0.3 is 0 Å². The van der Waals surface area contributed by atoms with Crippen molar-refractivity contribution >= 4 is 5.78 Å². The molecule has 0 saturated carbocycles.